The molecule has 2 amide bonds. The van der Waals surface area contributed by atoms with Crippen LogP contribution in [0.2, 0.25) is 0 Å². The molecule has 2 aliphatic rings. The van der Waals surface area contributed by atoms with Crippen molar-refractivity contribution in [3.05, 3.63) is 88.7 Å². The number of piperidine rings is 1. The maximum atomic E-state index is 13.1. The Morgan fingerprint density at radius 2 is 1.67 bits per heavy atom. The lowest BCUT2D eigenvalue weighted by atomic mass is 9.94. The number of fused-ring (bicyclic) bond motifs is 1. The van der Waals surface area contributed by atoms with E-state index in [1.54, 1.807) is 0 Å². The minimum Gasteiger partial charge on any atom is -0.355 e. The second kappa shape index (κ2) is 10.5. The quantitative estimate of drug-likeness (QED) is 0.552. The molecule has 7 heteroatoms. The van der Waals surface area contributed by atoms with Crippen molar-refractivity contribution in [3.63, 3.8) is 0 Å². The van der Waals surface area contributed by atoms with E-state index in [9.17, 15) is 9.59 Å². The molecule has 36 heavy (non-hydrogen) atoms. The Labute approximate surface area is 212 Å². The molecule has 0 aliphatic carbocycles. The van der Waals surface area contributed by atoms with Gasteiger partial charge in [0.2, 0.25) is 11.9 Å². The van der Waals surface area contributed by atoms with Gasteiger partial charge >= 0.3 is 0 Å². The van der Waals surface area contributed by atoms with Gasteiger partial charge in [-0.1, -0.05) is 48.5 Å². The normalized spacial score (nSPS) is 16.7. The molecular weight excluding hydrogens is 450 g/mol. The maximum Gasteiger partial charge on any atom is 0.254 e. The number of amides is 2. The van der Waals surface area contributed by atoms with E-state index >= 15 is 0 Å². The number of carbonyl (C=O) groups excluding carboxylic acids is 2. The van der Waals surface area contributed by atoms with Crippen molar-refractivity contribution >= 4 is 17.8 Å². The zero-order valence-corrected chi connectivity index (χ0v) is 21.0. The Hall–Kier alpha value is -3.74. The van der Waals surface area contributed by atoms with Gasteiger partial charge in [0.1, 0.15) is 0 Å². The first-order valence-electron chi connectivity index (χ1n) is 12.7. The van der Waals surface area contributed by atoms with Gasteiger partial charge in [-0.15, -0.1) is 0 Å². The van der Waals surface area contributed by atoms with Crippen LogP contribution in [0, 0.1) is 19.8 Å². The highest BCUT2D eigenvalue weighted by molar-refractivity contribution is 5.98. The third-order valence-electron chi connectivity index (χ3n) is 7.25. The van der Waals surface area contributed by atoms with Crippen LogP contribution >= 0.6 is 0 Å². The van der Waals surface area contributed by atoms with Crippen molar-refractivity contribution in [3.8, 4) is 0 Å². The van der Waals surface area contributed by atoms with Crippen LogP contribution in [-0.2, 0) is 11.3 Å². The first-order chi connectivity index (χ1) is 17.5. The van der Waals surface area contributed by atoms with Gasteiger partial charge in [-0.2, -0.15) is 0 Å². The molecule has 0 radical (unpaired) electrons. The zero-order valence-electron chi connectivity index (χ0n) is 21.0. The van der Waals surface area contributed by atoms with E-state index in [0.717, 1.165) is 60.0 Å². The summed E-state index contributed by atoms with van der Waals surface area (Å²) in [6, 6.07) is 19.9. The van der Waals surface area contributed by atoms with E-state index in [4.69, 9.17) is 0 Å². The monoisotopic (exact) mass is 483 g/mol. The smallest absolute Gasteiger partial charge is 0.254 e. The topological polar surface area (TPSA) is 78.4 Å². The third kappa shape index (κ3) is 5.25. The molecule has 5 rings (SSSR count). The van der Waals surface area contributed by atoms with Gasteiger partial charge in [0.05, 0.1) is 0 Å². The number of nitrogens with zero attached hydrogens (tertiary/aromatic N) is 4. The second-order valence-corrected chi connectivity index (χ2v) is 9.91. The molecule has 0 spiro atoms. The molecule has 3 aromatic rings. The Balaban J connectivity index is 1.20. The minimum absolute atomic E-state index is 0.0252. The number of rotatable bonds is 7. The number of carbonyl (C=O) groups is 2. The molecule has 1 aromatic heterocycles. The lowest BCUT2D eigenvalue weighted by Gasteiger charge is -2.32. The highest BCUT2D eigenvalue weighted by Crippen LogP contribution is 2.27. The Bertz CT molecular complexity index is 1220. The fourth-order valence-electron chi connectivity index (χ4n) is 5.30. The average Bonchev–Trinajstić information content (AvgIpc) is 3.21. The number of hydrogen-bond donors (Lipinski definition) is 1. The van der Waals surface area contributed by atoms with Crippen LogP contribution in [0.3, 0.4) is 0 Å². The summed E-state index contributed by atoms with van der Waals surface area (Å²) >= 11 is 0. The van der Waals surface area contributed by atoms with Crippen LogP contribution in [0.25, 0.3) is 0 Å². The summed E-state index contributed by atoms with van der Waals surface area (Å²) in [5.74, 6) is 0.914. The summed E-state index contributed by atoms with van der Waals surface area (Å²) in [5.41, 5.74) is 4.90. The number of nitrogens with one attached hydrogen (secondary N) is 1. The lowest BCUT2D eigenvalue weighted by molar-refractivity contribution is -0.125. The van der Waals surface area contributed by atoms with E-state index in [1.165, 1.54) is 0 Å². The van der Waals surface area contributed by atoms with E-state index in [2.05, 4.69) is 32.3 Å². The molecule has 1 saturated heterocycles. The van der Waals surface area contributed by atoms with Crippen LogP contribution in [0.15, 0.2) is 60.7 Å². The number of hydrogen-bond acceptors (Lipinski definition) is 5. The van der Waals surface area contributed by atoms with E-state index in [0.29, 0.717) is 19.6 Å². The molecule has 1 unspecified atom stereocenters. The van der Waals surface area contributed by atoms with Crippen LogP contribution in [0.4, 0.5) is 5.95 Å². The number of aromatic nitrogens is 2. The van der Waals surface area contributed by atoms with Crippen LogP contribution in [0.1, 0.15) is 51.6 Å². The summed E-state index contributed by atoms with van der Waals surface area (Å²) in [4.78, 5) is 39.3. The standard InChI is InChI=1S/C29H33N5O2/c1-20-16-21(2)32-29(31-20)33-14-12-23(13-15-33)27(35)30-17-25(22-8-4-3-5-9-22)19-34-18-24-10-6-7-11-26(24)28(34)36/h3-11,16,23,25H,12-15,17-19H2,1-2H3,(H,30,35). The summed E-state index contributed by atoms with van der Waals surface area (Å²) in [7, 11) is 0. The molecule has 1 N–H and O–H groups in total. The van der Waals surface area contributed by atoms with Gasteiger partial charge in [-0.05, 0) is 49.9 Å². The predicted molar refractivity (Wildman–Crippen MR) is 140 cm³/mol. The Morgan fingerprint density at radius 1 is 1.00 bits per heavy atom. The highest BCUT2D eigenvalue weighted by atomic mass is 16.2. The van der Waals surface area contributed by atoms with Gasteiger partial charge in [0, 0.05) is 61.5 Å². The van der Waals surface area contributed by atoms with Crippen molar-refractivity contribution in [2.45, 2.75) is 39.2 Å². The van der Waals surface area contributed by atoms with Crippen molar-refractivity contribution in [1.82, 2.24) is 20.2 Å². The lowest BCUT2D eigenvalue weighted by Crippen LogP contribution is -2.43. The molecule has 186 valence electrons. The first kappa shape index (κ1) is 24.0. The SMILES string of the molecule is Cc1cc(C)nc(N2CCC(C(=O)NCC(CN3Cc4ccccc4C3=O)c3ccccc3)CC2)n1. The third-order valence-corrected chi connectivity index (χ3v) is 7.25. The fraction of sp³-hybridized carbons (Fsp3) is 0.379. The van der Waals surface area contributed by atoms with E-state index in [1.807, 2.05) is 67.3 Å². The molecule has 0 bridgehead atoms. The highest BCUT2D eigenvalue weighted by Gasteiger charge is 2.30. The van der Waals surface area contributed by atoms with Crippen LogP contribution in [-0.4, -0.2) is 52.9 Å². The van der Waals surface area contributed by atoms with Gasteiger partial charge in [-0.3, -0.25) is 9.59 Å². The number of aryl methyl sites for hydroxylation is 2. The summed E-state index contributed by atoms with van der Waals surface area (Å²) in [6.45, 7) is 7.19. The van der Waals surface area contributed by atoms with Crippen molar-refractivity contribution in [1.29, 1.82) is 0 Å². The second-order valence-electron chi connectivity index (χ2n) is 9.91. The molecule has 7 nitrogen and oxygen atoms in total. The predicted octanol–water partition coefficient (Wildman–Crippen LogP) is 3.87. The van der Waals surface area contributed by atoms with E-state index < -0.39 is 0 Å². The van der Waals surface area contributed by atoms with Crippen molar-refractivity contribution in [2.75, 3.05) is 31.1 Å². The van der Waals surface area contributed by atoms with E-state index in [-0.39, 0.29) is 23.7 Å². The summed E-state index contributed by atoms with van der Waals surface area (Å²) in [5, 5.41) is 3.21. The first-order valence-corrected chi connectivity index (χ1v) is 12.7. The molecular formula is C29H33N5O2. The van der Waals surface area contributed by atoms with Crippen molar-refractivity contribution < 1.29 is 9.59 Å². The molecule has 2 aromatic carbocycles. The number of anilines is 1. The molecule has 1 fully saturated rings. The van der Waals surface area contributed by atoms with Gasteiger partial charge in [0.25, 0.3) is 5.91 Å². The Morgan fingerprint density at radius 3 is 2.36 bits per heavy atom. The van der Waals surface area contributed by atoms with Crippen molar-refractivity contribution in [2.24, 2.45) is 5.92 Å². The van der Waals surface area contributed by atoms with Gasteiger partial charge in [0.15, 0.2) is 0 Å². The fourth-order valence-corrected chi connectivity index (χ4v) is 5.30. The minimum atomic E-state index is -0.0266. The number of benzene rings is 2. The summed E-state index contributed by atoms with van der Waals surface area (Å²) in [6.07, 6.45) is 1.55. The Kier molecular flexibility index (Phi) is 6.98. The zero-order chi connectivity index (χ0) is 25.1. The van der Waals surface area contributed by atoms with Crippen LogP contribution in [0.5, 0.6) is 0 Å². The molecule has 0 saturated carbocycles. The molecule has 1 atom stereocenters. The largest absolute Gasteiger partial charge is 0.355 e. The maximum absolute atomic E-state index is 13.1. The van der Waals surface area contributed by atoms with Gasteiger partial charge in [-0.25, -0.2) is 9.97 Å². The molecule has 2 aliphatic heterocycles. The van der Waals surface area contributed by atoms with Crippen LogP contribution < -0.4 is 10.2 Å². The van der Waals surface area contributed by atoms with Gasteiger partial charge < -0.3 is 15.1 Å². The average molecular weight is 484 g/mol. The summed E-state index contributed by atoms with van der Waals surface area (Å²) < 4.78 is 0. The molecule has 3 heterocycles.